The van der Waals surface area contributed by atoms with Crippen molar-refractivity contribution >= 4 is 28.5 Å². The zero-order valence-electron chi connectivity index (χ0n) is 15.6. The first-order chi connectivity index (χ1) is 14.0. The number of aromatic nitrogens is 4. The minimum atomic E-state index is -0.573. The van der Waals surface area contributed by atoms with Gasteiger partial charge in [0.25, 0.3) is 5.91 Å². The van der Waals surface area contributed by atoms with Crippen LogP contribution in [0.2, 0.25) is 0 Å². The molecule has 0 aliphatic carbocycles. The molecule has 0 aliphatic heterocycles. The van der Waals surface area contributed by atoms with Crippen LogP contribution in [0.25, 0.3) is 16.6 Å². The van der Waals surface area contributed by atoms with Gasteiger partial charge in [-0.1, -0.05) is 0 Å². The Morgan fingerprint density at radius 2 is 1.93 bits per heavy atom. The lowest BCUT2D eigenvalue weighted by molar-refractivity contribution is 0.0596. The molecule has 29 heavy (non-hydrogen) atoms. The Morgan fingerprint density at radius 3 is 2.66 bits per heavy atom. The Labute approximate surface area is 164 Å². The van der Waals surface area contributed by atoms with E-state index in [2.05, 4.69) is 20.6 Å². The molecule has 0 saturated carbocycles. The van der Waals surface area contributed by atoms with Crippen LogP contribution in [0.3, 0.4) is 0 Å². The molecule has 9 heteroatoms. The zero-order valence-corrected chi connectivity index (χ0v) is 15.6. The second-order valence-corrected chi connectivity index (χ2v) is 6.31. The molecule has 8 nitrogen and oxygen atoms in total. The number of nitrogens with zero attached hydrogens (tertiary/aromatic N) is 3. The molecule has 2 heterocycles. The third-order valence-electron chi connectivity index (χ3n) is 4.53. The van der Waals surface area contributed by atoms with E-state index in [1.54, 1.807) is 41.9 Å². The molecular formula is C20H16FN5O3. The molecule has 0 saturated heterocycles. The monoisotopic (exact) mass is 393 g/mol. The molecule has 4 rings (SSSR count). The van der Waals surface area contributed by atoms with Crippen LogP contribution in [0.5, 0.6) is 0 Å². The summed E-state index contributed by atoms with van der Waals surface area (Å²) in [6, 6.07) is 10.9. The van der Waals surface area contributed by atoms with E-state index in [9.17, 15) is 14.0 Å². The topological polar surface area (TPSA) is 102 Å². The predicted octanol–water partition coefficient (Wildman–Crippen LogP) is 3.24. The highest BCUT2D eigenvalue weighted by Gasteiger charge is 2.18. The molecular weight excluding hydrogens is 377 g/mol. The fourth-order valence-electron chi connectivity index (χ4n) is 3.02. The molecule has 0 unspecified atom stereocenters. The highest BCUT2D eigenvalue weighted by atomic mass is 19.1. The molecule has 1 amide bonds. The van der Waals surface area contributed by atoms with Crippen LogP contribution in [0.4, 0.5) is 10.1 Å². The summed E-state index contributed by atoms with van der Waals surface area (Å²) in [6.45, 7) is 1.75. The number of carbonyl (C=O) groups is 2. The third kappa shape index (κ3) is 3.33. The summed E-state index contributed by atoms with van der Waals surface area (Å²) in [7, 11) is 1.27. The van der Waals surface area contributed by atoms with Gasteiger partial charge in [-0.05, 0) is 49.4 Å². The fraction of sp³-hybridized carbons (Fsp3) is 0.100. The number of methoxy groups -OCH3 is 1. The first kappa shape index (κ1) is 18.4. The lowest BCUT2D eigenvalue weighted by Crippen LogP contribution is -2.13. The van der Waals surface area contributed by atoms with E-state index in [0.29, 0.717) is 33.5 Å². The van der Waals surface area contributed by atoms with Crippen molar-refractivity contribution in [1.29, 1.82) is 0 Å². The van der Waals surface area contributed by atoms with E-state index >= 15 is 0 Å². The van der Waals surface area contributed by atoms with Crippen LogP contribution in [0.1, 0.15) is 26.5 Å². The van der Waals surface area contributed by atoms with Crippen molar-refractivity contribution in [2.45, 2.75) is 6.92 Å². The van der Waals surface area contributed by atoms with E-state index in [4.69, 9.17) is 4.74 Å². The van der Waals surface area contributed by atoms with Crippen molar-refractivity contribution < 1.29 is 18.7 Å². The maximum Gasteiger partial charge on any atom is 0.359 e. The van der Waals surface area contributed by atoms with Crippen molar-refractivity contribution in [2.75, 3.05) is 12.4 Å². The second kappa shape index (κ2) is 7.19. The number of carbonyl (C=O) groups excluding carboxylic acids is 2. The molecule has 0 bridgehead atoms. The molecule has 0 fully saturated rings. The van der Waals surface area contributed by atoms with Crippen molar-refractivity contribution in [1.82, 2.24) is 20.0 Å². The van der Waals surface area contributed by atoms with Gasteiger partial charge in [-0.3, -0.25) is 9.89 Å². The number of amides is 1. The smallest absolute Gasteiger partial charge is 0.359 e. The Balaban J connectivity index is 1.61. The molecule has 146 valence electrons. The lowest BCUT2D eigenvalue weighted by Gasteiger charge is -2.07. The normalized spacial score (nSPS) is 10.9. The van der Waals surface area contributed by atoms with E-state index in [-0.39, 0.29) is 17.4 Å². The summed E-state index contributed by atoms with van der Waals surface area (Å²) in [6.07, 6.45) is 1.45. The van der Waals surface area contributed by atoms with Gasteiger partial charge in [0.2, 0.25) is 0 Å². The summed E-state index contributed by atoms with van der Waals surface area (Å²) in [5, 5.41) is 14.3. The largest absolute Gasteiger partial charge is 0.464 e. The first-order valence-electron chi connectivity index (χ1n) is 8.66. The number of halogens is 1. The SMILES string of the molecule is COC(=O)c1n[nH]c2ccc(NC(=O)c3cnn(-c4ccc(F)cc4)c3C)cc12. The van der Waals surface area contributed by atoms with Crippen molar-refractivity contribution in [3.05, 3.63) is 71.4 Å². The predicted molar refractivity (Wildman–Crippen MR) is 104 cm³/mol. The standard InChI is InChI=1S/C20H16FN5O3/c1-11-16(10-22-26(11)14-6-3-12(21)4-7-14)19(27)23-13-5-8-17-15(9-13)18(25-24-17)20(28)29-2/h3-10H,1-2H3,(H,23,27)(H,24,25). The number of nitrogens with one attached hydrogen (secondary N) is 2. The van der Waals surface area contributed by atoms with Gasteiger partial charge in [0.05, 0.1) is 35.8 Å². The van der Waals surface area contributed by atoms with E-state index < -0.39 is 5.97 Å². The number of hydrogen-bond donors (Lipinski definition) is 2. The summed E-state index contributed by atoms with van der Waals surface area (Å²) < 4.78 is 19.4. The highest BCUT2D eigenvalue weighted by molar-refractivity contribution is 6.07. The Bertz CT molecular complexity index is 1230. The number of anilines is 1. The van der Waals surface area contributed by atoms with Gasteiger partial charge in [0.15, 0.2) is 5.69 Å². The van der Waals surface area contributed by atoms with Gasteiger partial charge >= 0.3 is 5.97 Å². The number of hydrogen-bond acceptors (Lipinski definition) is 5. The van der Waals surface area contributed by atoms with E-state index in [1.807, 2.05) is 0 Å². The van der Waals surface area contributed by atoms with Crippen molar-refractivity contribution in [3.8, 4) is 5.69 Å². The van der Waals surface area contributed by atoms with Crippen LogP contribution in [-0.4, -0.2) is 39.0 Å². The number of H-pyrrole nitrogens is 1. The molecule has 0 spiro atoms. The Kier molecular flexibility index (Phi) is 4.55. The molecule has 0 aliphatic rings. The van der Waals surface area contributed by atoms with Crippen LogP contribution >= 0.6 is 0 Å². The van der Waals surface area contributed by atoms with Gasteiger partial charge in [0.1, 0.15) is 5.82 Å². The Hall–Kier alpha value is -4.01. The lowest BCUT2D eigenvalue weighted by atomic mass is 10.1. The number of rotatable bonds is 4. The molecule has 2 aromatic heterocycles. The van der Waals surface area contributed by atoms with Crippen LogP contribution in [-0.2, 0) is 4.74 Å². The van der Waals surface area contributed by atoms with Gasteiger partial charge in [-0.2, -0.15) is 10.2 Å². The molecule has 0 radical (unpaired) electrons. The maximum atomic E-state index is 13.1. The summed E-state index contributed by atoms with van der Waals surface area (Å²) in [5.41, 5.74) is 2.89. The average molecular weight is 393 g/mol. The van der Waals surface area contributed by atoms with Gasteiger partial charge in [-0.25, -0.2) is 13.9 Å². The molecule has 2 N–H and O–H groups in total. The number of esters is 1. The van der Waals surface area contributed by atoms with Crippen molar-refractivity contribution in [3.63, 3.8) is 0 Å². The minimum absolute atomic E-state index is 0.138. The van der Waals surface area contributed by atoms with E-state index in [1.165, 1.54) is 25.4 Å². The quantitative estimate of drug-likeness (QED) is 0.518. The van der Waals surface area contributed by atoms with Gasteiger partial charge in [0, 0.05) is 11.1 Å². The maximum absolute atomic E-state index is 13.1. The molecule has 2 aromatic carbocycles. The Morgan fingerprint density at radius 1 is 1.17 bits per heavy atom. The zero-order chi connectivity index (χ0) is 20.5. The van der Waals surface area contributed by atoms with Crippen LogP contribution < -0.4 is 5.32 Å². The van der Waals surface area contributed by atoms with Gasteiger partial charge < -0.3 is 10.1 Å². The number of benzene rings is 2. The second-order valence-electron chi connectivity index (χ2n) is 6.31. The summed E-state index contributed by atoms with van der Waals surface area (Å²) >= 11 is 0. The third-order valence-corrected chi connectivity index (χ3v) is 4.53. The first-order valence-corrected chi connectivity index (χ1v) is 8.66. The summed E-state index contributed by atoms with van der Waals surface area (Å²) in [5.74, 6) is -1.29. The summed E-state index contributed by atoms with van der Waals surface area (Å²) in [4.78, 5) is 24.6. The number of ether oxygens (including phenoxy) is 1. The molecule has 0 atom stereocenters. The fourth-order valence-corrected chi connectivity index (χ4v) is 3.02. The average Bonchev–Trinajstić information content (AvgIpc) is 3.31. The highest BCUT2D eigenvalue weighted by Crippen LogP contribution is 2.22. The van der Waals surface area contributed by atoms with Crippen LogP contribution in [0.15, 0.2) is 48.7 Å². The number of aromatic amines is 1. The molecule has 4 aromatic rings. The van der Waals surface area contributed by atoms with Crippen LogP contribution in [0, 0.1) is 12.7 Å². The number of fused-ring (bicyclic) bond motifs is 1. The van der Waals surface area contributed by atoms with Gasteiger partial charge in [-0.15, -0.1) is 0 Å². The van der Waals surface area contributed by atoms with Crippen molar-refractivity contribution in [2.24, 2.45) is 0 Å². The minimum Gasteiger partial charge on any atom is -0.464 e. The van der Waals surface area contributed by atoms with E-state index in [0.717, 1.165) is 0 Å².